The summed E-state index contributed by atoms with van der Waals surface area (Å²) in [5.74, 6) is 1.55. The molecule has 2 saturated heterocycles. The van der Waals surface area contributed by atoms with Gasteiger partial charge in [0.2, 0.25) is 0 Å². The lowest BCUT2D eigenvalue weighted by molar-refractivity contribution is -0.0133. The van der Waals surface area contributed by atoms with Crippen LogP contribution in [-0.4, -0.2) is 51.8 Å². The van der Waals surface area contributed by atoms with Gasteiger partial charge in [-0.1, -0.05) is 27.7 Å². The van der Waals surface area contributed by atoms with Crippen LogP contribution in [-0.2, 0) is 4.74 Å². The van der Waals surface area contributed by atoms with Crippen LogP contribution >= 0.6 is 0 Å². The molecule has 26 heavy (non-hydrogen) atoms. The van der Waals surface area contributed by atoms with Crippen LogP contribution in [0.25, 0.3) is 0 Å². The van der Waals surface area contributed by atoms with Gasteiger partial charge in [0, 0.05) is 29.7 Å². The van der Waals surface area contributed by atoms with Crippen LogP contribution < -0.4 is 0 Å². The van der Waals surface area contributed by atoms with Gasteiger partial charge in [-0.15, -0.1) is 0 Å². The molecule has 0 N–H and O–H groups in total. The number of ether oxygens (including phenoxy) is 1. The zero-order chi connectivity index (χ0) is 19.3. The summed E-state index contributed by atoms with van der Waals surface area (Å²) >= 11 is 0. The summed E-state index contributed by atoms with van der Waals surface area (Å²) < 4.78 is 5.93. The first-order valence-corrected chi connectivity index (χ1v) is 11.3. The first-order chi connectivity index (χ1) is 12.1. The second-order valence-corrected chi connectivity index (χ2v) is 10.6. The van der Waals surface area contributed by atoms with Crippen molar-refractivity contribution >= 4 is 0 Å². The fraction of sp³-hybridized carbons (Fsp3) is 1.00. The highest BCUT2D eigenvalue weighted by molar-refractivity contribution is 5.11. The molecule has 2 heterocycles. The molecule has 0 bridgehead atoms. The van der Waals surface area contributed by atoms with E-state index in [4.69, 9.17) is 4.74 Å². The van der Waals surface area contributed by atoms with Crippen molar-refractivity contribution in [1.29, 1.82) is 0 Å². The van der Waals surface area contributed by atoms with E-state index >= 15 is 0 Å². The highest BCUT2D eigenvalue weighted by atomic mass is 16.5. The number of rotatable bonds is 4. The minimum absolute atomic E-state index is 0.170. The van der Waals surface area contributed by atoms with Crippen molar-refractivity contribution in [2.24, 2.45) is 11.8 Å². The molecule has 0 aromatic heterocycles. The third kappa shape index (κ3) is 3.73. The van der Waals surface area contributed by atoms with Gasteiger partial charge in [-0.05, 0) is 78.1 Å². The fourth-order valence-electron chi connectivity index (χ4n) is 5.85. The predicted octanol–water partition coefficient (Wildman–Crippen LogP) is 5.29. The second kappa shape index (κ2) is 7.37. The molecule has 0 aromatic carbocycles. The standard InChI is InChI=1S/C12H23N.C11H21NO/c1-9(2)11-5-6-12(7-8-12)13(11)10(3)4;1-8(2)10-7-13-11(5-6-11)12(10)9(3)4/h9-11H,5-8H2,1-4H3;8-10H,5-7H2,1-4H3/t11-;10-/m00/s1. The molecule has 2 saturated carbocycles. The van der Waals surface area contributed by atoms with Crippen LogP contribution in [0, 0.1) is 11.8 Å². The molecule has 2 aliphatic heterocycles. The molecule has 4 rings (SSSR count). The van der Waals surface area contributed by atoms with Gasteiger partial charge in [0.1, 0.15) is 5.72 Å². The molecular formula is C23H44N2O. The molecule has 0 aromatic rings. The normalized spacial score (nSPS) is 32.3. The maximum absolute atomic E-state index is 5.93. The summed E-state index contributed by atoms with van der Waals surface area (Å²) in [5, 5.41) is 0. The van der Waals surface area contributed by atoms with Crippen LogP contribution in [0.2, 0.25) is 0 Å². The highest BCUT2D eigenvalue weighted by Crippen LogP contribution is 2.54. The van der Waals surface area contributed by atoms with Gasteiger partial charge in [-0.25, -0.2) is 0 Å². The lowest BCUT2D eigenvalue weighted by atomic mass is 10.0. The van der Waals surface area contributed by atoms with Crippen LogP contribution in [0.5, 0.6) is 0 Å². The molecule has 4 aliphatic rings. The Labute approximate surface area is 162 Å². The van der Waals surface area contributed by atoms with E-state index in [-0.39, 0.29) is 5.72 Å². The van der Waals surface area contributed by atoms with E-state index in [2.05, 4.69) is 65.2 Å². The molecule has 4 fully saturated rings. The van der Waals surface area contributed by atoms with E-state index in [1.807, 2.05) is 0 Å². The Kier molecular flexibility index (Phi) is 5.84. The maximum Gasteiger partial charge on any atom is 0.122 e. The molecule has 2 spiro atoms. The molecule has 152 valence electrons. The molecular weight excluding hydrogens is 320 g/mol. The van der Waals surface area contributed by atoms with Gasteiger partial charge in [0.05, 0.1) is 6.61 Å². The van der Waals surface area contributed by atoms with Gasteiger partial charge < -0.3 is 4.74 Å². The summed E-state index contributed by atoms with van der Waals surface area (Å²) in [5.41, 5.74) is 0.839. The molecule has 0 unspecified atom stereocenters. The van der Waals surface area contributed by atoms with Crippen LogP contribution in [0.3, 0.4) is 0 Å². The van der Waals surface area contributed by atoms with Crippen molar-refractivity contribution in [2.75, 3.05) is 6.61 Å². The fourth-order valence-corrected chi connectivity index (χ4v) is 5.85. The maximum atomic E-state index is 5.93. The third-order valence-corrected chi connectivity index (χ3v) is 7.32. The lowest BCUT2D eigenvalue weighted by Crippen LogP contribution is -2.45. The number of likely N-dealkylation sites (tertiary alicyclic amines) is 1. The molecule has 0 amide bonds. The molecule has 2 atom stereocenters. The van der Waals surface area contributed by atoms with Gasteiger partial charge in [0.15, 0.2) is 0 Å². The number of hydrogen-bond donors (Lipinski definition) is 0. The second-order valence-electron chi connectivity index (χ2n) is 10.6. The molecule has 0 radical (unpaired) electrons. The van der Waals surface area contributed by atoms with Gasteiger partial charge in [-0.3, -0.25) is 9.80 Å². The van der Waals surface area contributed by atoms with Crippen molar-refractivity contribution in [2.45, 2.75) is 129 Å². The molecule has 3 heteroatoms. The van der Waals surface area contributed by atoms with Gasteiger partial charge in [0.25, 0.3) is 0 Å². The zero-order valence-corrected chi connectivity index (χ0v) is 18.7. The van der Waals surface area contributed by atoms with Crippen molar-refractivity contribution in [3.8, 4) is 0 Å². The van der Waals surface area contributed by atoms with Gasteiger partial charge >= 0.3 is 0 Å². The van der Waals surface area contributed by atoms with Crippen LogP contribution in [0.4, 0.5) is 0 Å². The van der Waals surface area contributed by atoms with E-state index in [0.29, 0.717) is 23.5 Å². The Hall–Kier alpha value is -0.120. The summed E-state index contributed by atoms with van der Waals surface area (Å²) in [7, 11) is 0. The minimum atomic E-state index is 0.170. The van der Waals surface area contributed by atoms with Gasteiger partial charge in [-0.2, -0.15) is 0 Å². The van der Waals surface area contributed by atoms with E-state index in [9.17, 15) is 0 Å². The largest absolute Gasteiger partial charge is 0.359 e. The Bertz CT molecular complexity index is 433. The third-order valence-electron chi connectivity index (χ3n) is 7.32. The molecule has 3 nitrogen and oxygen atoms in total. The first-order valence-electron chi connectivity index (χ1n) is 11.3. The average Bonchev–Trinajstić information content (AvgIpc) is 3.36. The number of nitrogens with zero attached hydrogens (tertiary/aromatic N) is 2. The summed E-state index contributed by atoms with van der Waals surface area (Å²) in [4.78, 5) is 5.41. The first kappa shape index (κ1) is 20.6. The Balaban J connectivity index is 0.000000151. The average molecular weight is 365 g/mol. The monoisotopic (exact) mass is 364 g/mol. The minimum Gasteiger partial charge on any atom is -0.359 e. The Morgan fingerprint density at radius 1 is 0.692 bits per heavy atom. The van der Waals surface area contributed by atoms with Crippen molar-refractivity contribution in [3.63, 3.8) is 0 Å². The SMILES string of the molecule is CC(C)[C@@H]1CCC2(CC2)N1C(C)C.CC(C)[C@@H]1COC2(CC2)N1C(C)C. The highest BCUT2D eigenvalue weighted by Gasteiger charge is 2.57. The van der Waals surface area contributed by atoms with E-state index in [1.165, 1.54) is 38.5 Å². The van der Waals surface area contributed by atoms with Crippen molar-refractivity contribution < 1.29 is 4.74 Å². The van der Waals surface area contributed by atoms with E-state index in [1.54, 1.807) is 0 Å². The van der Waals surface area contributed by atoms with Crippen molar-refractivity contribution in [3.05, 3.63) is 0 Å². The van der Waals surface area contributed by atoms with Crippen LogP contribution in [0.15, 0.2) is 0 Å². The zero-order valence-electron chi connectivity index (χ0n) is 18.7. The Morgan fingerprint density at radius 2 is 1.23 bits per heavy atom. The summed E-state index contributed by atoms with van der Waals surface area (Å²) in [6, 6.07) is 2.87. The topological polar surface area (TPSA) is 15.7 Å². The summed E-state index contributed by atoms with van der Waals surface area (Å²) in [6.45, 7) is 19.6. The van der Waals surface area contributed by atoms with Crippen LogP contribution in [0.1, 0.15) is 93.9 Å². The summed E-state index contributed by atoms with van der Waals surface area (Å²) in [6.07, 6.45) is 8.33. The molecule has 2 aliphatic carbocycles. The van der Waals surface area contributed by atoms with Crippen molar-refractivity contribution in [1.82, 2.24) is 9.80 Å². The smallest absolute Gasteiger partial charge is 0.122 e. The van der Waals surface area contributed by atoms with E-state index < -0.39 is 0 Å². The van der Waals surface area contributed by atoms with E-state index in [0.717, 1.165) is 24.6 Å². The quantitative estimate of drug-likeness (QED) is 0.674. The Morgan fingerprint density at radius 3 is 1.62 bits per heavy atom. The predicted molar refractivity (Wildman–Crippen MR) is 110 cm³/mol. The number of hydrogen-bond acceptors (Lipinski definition) is 3. The lowest BCUT2D eigenvalue weighted by Gasteiger charge is -2.36.